The van der Waals surface area contributed by atoms with Crippen molar-refractivity contribution in [1.82, 2.24) is 0 Å². The first-order valence-corrected chi connectivity index (χ1v) is 5.85. The van der Waals surface area contributed by atoms with E-state index in [0.29, 0.717) is 34.0 Å². The van der Waals surface area contributed by atoms with E-state index in [1.54, 1.807) is 0 Å². The monoisotopic (exact) mass is 256 g/mol. The second kappa shape index (κ2) is 3.46. The molecule has 19 heavy (non-hydrogen) atoms. The highest BCUT2D eigenvalue weighted by atomic mass is 14.8. The molecule has 2 aromatic carbocycles. The van der Waals surface area contributed by atoms with E-state index in [0.717, 1.165) is 16.3 Å². The van der Waals surface area contributed by atoms with Gasteiger partial charge in [0.2, 0.25) is 0 Å². The molecule has 6 heteroatoms. The third-order valence-corrected chi connectivity index (χ3v) is 3.74. The Labute approximate surface area is 110 Å². The van der Waals surface area contributed by atoms with Crippen molar-refractivity contribution in [2.45, 2.75) is 6.04 Å². The van der Waals surface area contributed by atoms with Crippen LogP contribution in [0.15, 0.2) is 23.9 Å². The van der Waals surface area contributed by atoms with E-state index >= 15 is 0 Å². The Kier molecular flexibility index (Phi) is 2.09. The molecule has 1 aliphatic carbocycles. The van der Waals surface area contributed by atoms with Gasteiger partial charge in [0.25, 0.3) is 0 Å². The van der Waals surface area contributed by atoms with Crippen LogP contribution in [-0.4, -0.2) is 0 Å². The number of benzene rings is 2. The van der Waals surface area contributed by atoms with Gasteiger partial charge in [-0.3, -0.25) is 0 Å². The molecule has 0 bridgehead atoms. The topological polar surface area (TPSA) is 156 Å². The lowest BCUT2D eigenvalue weighted by atomic mass is 9.85. The minimum atomic E-state index is -0.460. The van der Waals surface area contributed by atoms with Crippen molar-refractivity contribution < 1.29 is 0 Å². The molecule has 0 aliphatic heterocycles. The summed E-state index contributed by atoms with van der Waals surface area (Å²) in [6.07, 6.45) is 0. The lowest BCUT2D eigenvalue weighted by molar-refractivity contribution is 0.834. The van der Waals surface area contributed by atoms with E-state index in [1.165, 1.54) is 0 Å². The van der Waals surface area contributed by atoms with Crippen molar-refractivity contribution in [3.8, 4) is 0 Å². The van der Waals surface area contributed by atoms with E-state index in [4.69, 9.17) is 34.4 Å². The molecular formula is C13H16N6. The third-order valence-electron chi connectivity index (χ3n) is 3.74. The van der Waals surface area contributed by atoms with Crippen molar-refractivity contribution in [2.75, 3.05) is 17.2 Å². The van der Waals surface area contributed by atoms with Crippen LogP contribution in [0.1, 0.15) is 17.2 Å². The average Bonchev–Trinajstić information content (AvgIpc) is 2.41. The van der Waals surface area contributed by atoms with Gasteiger partial charge in [-0.2, -0.15) is 0 Å². The molecule has 1 aliphatic rings. The molecule has 0 saturated heterocycles. The van der Waals surface area contributed by atoms with Crippen LogP contribution < -0.4 is 34.4 Å². The summed E-state index contributed by atoms with van der Waals surface area (Å²) in [5.41, 5.74) is 39.5. The van der Waals surface area contributed by atoms with Crippen LogP contribution >= 0.6 is 0 Å². The van der Waals surface area contributed by atoms with Gasteiger partial charge in [-0.05, 0) is 5.56 Å². The van der Waals surface area contributed by atoms with Gasteiger partial charge in [0, 0.05) is 16.3 Å². The molecule has 0 spiro atoms. The zero-order chi connectivity index (χ0) is 13.9. The molecule has 0 radical (unpaired) electrons. The van der Waals surface area contributed by atoms with E-state index in [9.17, 15) is 0 Å². The van der Waals surface area contributed by atoms with Gasteiger partial charge in [0.15, 0.2) is 0 Å². The Morgan fingerprint density at radius 2 is 1.53 bits per heavy atom. The molecule has 0 saturated carbocycles. The first-order chi connectivity index (χ1) is 8.95. The Hall–Kier alpha value is -2.60. The summed E-state index contributed by atoms with van der Waals surface area (Å²) in [7, 11) is 0. The highest BCUT2D eigenvalue weighted by Crippen LogP contribution is 2.45. The highest BCUT2D eigenvalue weighted by Gasteiger charge is 2.27. The Balaban J connectivity index is 2.63. The van der Waals surface area contributed by atoms with Gasteiger partial charge in [-0.1, -0.05) is 18.2 Å². The lowest BCUT2D eigenvalue weighted by Gasteiger charge is -2.27. The predicted molar refractivity (Wildman–Crippen MR) is 79.4 cm³/mol. The predicted octanol–water partition coefficient (Wildman–Crippen LogP) is 0.186. The van der Waals surface area contributed by atoms with Crippen molar-refractivity contribution in [1.29, 1.82) is 0 Å². The van der Waals surface area contributed by atoms with E-state index in [-0.39, 0.29) is 0 Å². The summed E-state index contributed by atoms with van der Waals surface area (Å²) < 4.78 is 0. The number of nitrogen functional groups attached to an aromatic ring is 3. The first kappa shape index (κ1) is 11.5. The molecule has 2 aromatic rings. The molecule has 1 atom stereocenters. The Bertz CT molecular complexity index is 747. The quantitative estimate of drug-likeness (QED) is 0.369. The van der Waals surface area contributed by atoms with Gasteiger partial charge in [0.1, 0.15) is 0 Å². The summed E-state index contributed by atoms with van der Waals surface area (Å²) in [5.74, 6) is 0. The maximum atomic E-state index is 6.10. The van der Waals surface area contributed by atoms with Gasteiger partial charge in [0.05, 0.1) is 34.5 Å². The van der Waals surface area contributed by atoms with Crippen LogP contribution in [0.3, 0.4) is 0 Å². The fourth-order valence-electron chi connectivity index (χ4n) is 2.65. The zero-order valence-electron chi connectivity index (χ0n) is 10.3. The van der Waals surface area contributed by atoms with Crippen LogP contribution in [0.2, 0.25) is 0 Å². The van der Waals surface area contributed by atoms with Crippen LogP contribution in [0, 0.1) is 0 Å². The van der Waals surface area contributed by atoms with Gasteiger partial charge in [-0.25, -0.2) is 0 Å². The molecule has 0 heterocycles. The molecule has 0 aromatic heterocycles. The fraction of sp³-hybridized carbons (Fsp3) is 0.0769. The number of hydrogen-bond donors (Lipinski definition) is 6. The molecule has 0 amide bonds. The van der Waals surface area contributed by atoms with Crippen molar-refractivity contribution in [3.05, 3.63) is 35.0 Å². The van der Waals surface area contributed by atoms with Crippen LogP contribution in [0.4, 0.5) is 17.1 Å². The highest BCUT2D eigenvalue weighted by molar-refractivity contribution is 6.13. The second-order valence-corrected chi connectivity index (χ2v) is 4.73. The molecule has 98 valence electrons. The summed E-state index contributed by atoms with van der Waals surface area (Å²) in [5, 5.41) is 1.64. The van der Waals surface area contributed by atoms with Crippen LogP contribution in [0.5, 0.6) is 0 Å². The van der Waals surface area contributed by atoms with Crippen molar-refractivity contribution >= 4 is 33.5 Å². The average molecular weight is 256 g/mol. The second-order valence-electron chi connectivity index (χ2n) is 4.73. The molecule has 3 rings (SSSR count). The maximum absolute atomic E-state index is 6.10. The number of rotatable bonds is 0. The lowest BCUT2D eigenvalue weighted by Crippen LogP contribution is -2.27. The Morgan fingerprint density at radius 3 is 2.21 bits per heavy atom. The van der Waals surface area contributed by atoms with E-state index < -0.39 is 6.04 Å². The van der Waals surface area contributed by atoms with Gasteiger partial charge in [-0.15, -0.1) is 0 Å². The van der Waals surface area contributed by atoms with Gasteiger partial charge < -0.3 is 34.4 Å². The molecule has 12 N–H and O–H groups in total. The summed E-state index contributed by atoms with van der Waals surface area (Å²) in [6.45, 7) is 0. The molecule has 6 nitrogen and oxygen atoms in total. The van der Waals surface area contributed by atoms with E-state index in [2.05, 4.69) is 0 Å². The molecule has 1 unspecified atom stereocenters. The minimum absolute atomic E-state index is 0.325. The van der Waals surface area contributed by atoms with Crippen molar-refractivity contribution in [2.24, 2.45) is 17.2 Å². The zero-order valence-corrected chi connectivity index (χ0v) is 10.3. The SMILES string of the molecule is NC1=C(N)C(N)c2cccc3c(N)c(N)c(N)c1c23. The standard InChI is InChI=1S/C13H16N6/c14-8-4-2-1-3-5-6(4)7(10(16)12(8)18)11(17)13(19)9(5)15/h1-3,8H,14-19H2. The normalized spacial score (nSPS) is 18.1. The van der Waals surface area contributed by atoms with Crippen molar-refractivity contribution in [3.63, 3.8) is 0 Å². The summed E-state index contributed by atoms with van der Waals surface area (Å²) >= 11 is 0. The largest absolute Gasteiger partial charge is 0.399 e. The number of anilines is 3. The minimum Gasteiger partial charge on any atom is -0.399 e. The van der Waals surface area contributed by atoms with E-state index in [1.807, 2.05) is 18.2 Å². The summed E-state index contributed by atoms with van der Waals surface area (Å²) in [4.78, 5) is 0. The maximum Gasteiger partial charge on any atom is 0.0795 e. The molecular weight excluding hydrogens is 240 g/mol. The Morgan fingerprint density at radius 1 is 0.842 bits per heavy atom. The number of hydrogen-bond acceptors (Lipinski definition) is 6. The molecule has 0 fully saturated rings. The van der Waals surface area contributed by atoms with Crippen LogP contribution in [-0.2, 0) is 0 Å². The van der Waals surface area contributed by atoms with Crippen LogP contribution in [0.25, 0.3) is 16.5 Å². The first-order valence-electron chi connectivity index (χ1n) is 5.85. The third kappa shape index (κ3) is 1.23. The fourth-order valence-corrected chi connectivity index (χ4v) is 2.65. The summed E-state index contributed by atoms with van der Waals surface area (Å²) in [6, 6.07) is 5.17. The van der Waals surface area contributed by atoms with Gasteiger partial charge >= 0.3 is 0 Å². The number of nitrogens with two attached hydrogens (primary N) is 6. The smallest absolute Gasteiger partial charge is 0.0795 e.